The van der Waals surface area contributed by atoms with Crippen molar-refractivity contribution in [2.45, 2.75) is 24.2 Å². The molecular formula is C18H22O5S. The molecule has 0 aliphatic heterocycles. The number of aliphatic hydroxyl groups is 1. The number of ether oxygens (including phenoxy) is 1. The Bertz CT molecular complexity index is 737. The highest BCUT2D eigenvalue weighted by Crippen LogP contribution is 2.21. The van der Waals surface area contributed by atoms with Crippen molar-refractivity contribution in [2.24, 2.45) is 0 Å². The zero-order valence-corrected chi connectivity index (χ0v) is 14.8. The van der Waals surface area contributed by atoms with Gasteiger partial charge in [-0.1, -0.05) is 48.0 Å². The van der Waals surface area contributed by atoms with Gasteiger partial charge in [0.1, 0.15) is 0 Å². The maximum Gasteiger partial charge on any atom is 0.226 e. The molecule has 0 fully saturated rings. The van der Waals surface area contributed by atoms with Gasteiger partial charge in [0, 0.05) is 19.3 Å². The summed E-state index contributed by atoms with van der Waals surface area (Å²) in [5.41, 5.74) is -0.263. The van der Waals surface area contributed by atoms with E-state index in [0.717, 1.165) is 12.7 Å². The Morgan fingerprint density at radius 2 is 1.58 bits per heavy atom. The summed E-state index contributed by atoms with van der Waals surface area (Å²) in [4.78, 5) is 12.6. The molecule has 0 saturated heterocycles. The molecule has 0 aromatic heterocycles. The molecule has 1 atom stereocenters. The fraction of sp³-hybridized carbons (Fsp3) is 0.278. The monoisotopic (exact) mass is 350 g/mol. The number of Topliss-reactive ketones (excluding diaryl/α,β-unsaturated/α-hetero) is 1. The van der Waals surface area contributed by atoms with Gasteiger partial charge in [-0.2, -0.15) is 0 Å². The van der Waals surface area contributed by atoms with Crippen molar-refractivity contribution in [1.29, 1.82) is 0 Å². The molecule has 0 bridgehead atoms. The second-order valence-electron chi connectivity index (χ2n) is 4.88. The number of sulfone groups is 1. The number of rotatable bonds is 6. The van der Waals surface area contributed by atoms with Gasteiger partial charge < -0.3 is 9.84 Å². The zero-order chi connectivity index (χ0) is 18.2. The minimum Gasteiger partial charge on any atom is -0.400 e. The largest absolute Gasteiger partial charge is 0.400 e. The third-order valence-corrected chi connectivity index (χ3v) is 5.06. The van der Waals surface area contributed by atoms with E-state index in [9.17, 15) is 13.2 Å². The van der Waals surface area contributed by atoms with Gasteiger partial charge >= 0.3 is 0 Å². The molecule has 0 amide bonds. The number of carbonyl (C=O) groups excluding carboxylic acids is 1. The molecule has 2 aromatic rings. The number of aryl methyl sites for hydroxylation is 1. The predicted molar refractivity (Wildman–Crippen MR) is 92.7 cm³/mol. The maximum atomic E-state index is 12.7. The Balaban J connectivity index is 0.00000139. The van der Waals surface area contributed by atoms with E-state index in [2.05, 4.69) is 0 Å². The molecule has 0 radical (unpaired) electrons. The van der Waals surface area contributed by atoms with E-state index in [-0.39, 0.29) is 11.5 Å². The van der Waals surface area contributed by atoms with Crippen LogP contribution in [0, 0.1) is 6.92 Å². The van der Waals surface area contributed by atoms with Crippen molar-refractivity contribution in [2.75, 3.05) is 13.7 Å². The first-order valence-corrected chi connectivity index (χ1v) is 8.97. The van der Waals surface area contributed by atoms with Crippen molar-refractivity contribution >= 4 is 15.6 Å². The third kappa shape index (κ3) is 4.74. The van der Waals surface area contributed by atoms with Gasteiger partial charge in [0.05, 0.1) is 4.90 Å². The second-order valence-corrected chi connectivity index (χ2v) is 6.87. The van der Waals surface area contributed by atoms with Crippen molar-refractivity contribution in [1.82, 2.24) is 0 Å². The van der Waals surface area contributed by atoms with Crippen LogP contribution in [0.1, 0.15) is 22.8 Å². The van der Waals surface area contributed by atoms with Crippen LogP contribution in [0.15, 0.2) is 59.5 Å². The Morgan fingerprint density at radius 3 is 2.08 bits per heavy atom. The van der Waals surface area contributed by atoms with Crippen LogP contribution < -0.4 is 0 Å². The maximum absolute atomic E-state index is 12.7. The lowest BCUT2D eigenvalue weighted by atomic mass is 10.1. The first-order chi connectivity index (χ1) is 11.5. The lowest BCUT2D eigenvalue weighted by Gasteiger charge is -2.17. The van der Waals surface area contributed by atoms with Crippen molar-refractivity contribution < 1.29 is 23.1 Å². The molecule has 1 unspecified atom stereocenters. The molecule has 1 N–H and O–H groups in total. The Morgan fingerprint density at radius 1 is 1.04 bits per heavy atom. The van der Waals surface area contributed by atoms with Crippen LogP contribution in [0.3, 0.4) is 0 Å². The normalized spacial score (nSPS) is 12.0. The SMILES string of the molecule is CCOC(C(=O)c1ccccc1)S(=O)(=O)c1ccc(C)cc1.CO. The van der Waals surface area contributed by atoms with Crippen LogP contribution >= 0.6 is 0 Å². The number of hydrogen-bond donors (Lipinski definition) is 1. The fourth-order valence-corrected chi connectivity index (χ4v) is 3.54. The Hall–Kier alpha value is -2.02. The fourth-order valence-electron chi connectivity index (χ4n) is 2.05. The number of aliphatic hydroxyl groups excluding tert-OH is 1. The summed E-state index contributed by atoms with van der Waals surface area (Å²) < 4.78 is 30.7. The van der Waals surface area contributed by atoms with Crippen LogP contribution in [-0.2, 0) is 14.6 Å². The van der Waals surface area contributed by atoms with Gasteiger partial charge in [-0.3, -0.25) is 4.79 Å². The van der Waals surface area contributed by atoms with Crippen LogP contribution in [-0.4, -0.2) is 38.5 Å². The summed E-state index contributed by atoms with van der Waals surface area (Å²) in [7, 11) is -2.90. The van der Waals surface area contributed by atoms with Gasteiger partial charge in [-0.25, -0.2) is 8.42 Å². The summed E-state index contributed by atoms with van der Waals surface area (Å²) in [6, 6.07) is 14.7. The number of carbonyl (C=O) groups is 1. The van der Waals surface area contributed by atoms with Crippen molar-refractivity contribution in [3.63, 3.8) is 0 Å². The quantitative estimate of drug-likeness (QED) is 0.810. The number of benzene rings is 2. The van der Waals surface area contributed by atoms with Gasteiger partial charge in [-0.05, 0) is 26.0 Å². The lowest BCUT2D eigenvalue weighted by molar-refractivity contribution is 0.0686. The number of hydrogen-bond acceptors (Lipinski definition) is 5. The van der Waals surface area contributed by atoms with E-state index in [1.165, 1.54) is 12.1 Å². The van der Waals surface area contributed by atoms with Crippen LogP contribution in [0.25, 0.3) is 0 Å². The molecule has 130 valence electrons. The van der Waals surface area contributed by atoms with E-state index in [1.54, 1.807) is 49.4 Å². The first kappa shape index (κ1) is 20.0. The minimum absolute atomic E-state index is 0.0841. The van der Waals surface area contributed by atoms with Gasteiger partial charge in [-0.15, -0.1) is 0 Å². The number of ketones is 1. The predicted octanol–water partition coefficient (Wildman–Crippen LogP) is 2.62. The van der Waals surface area contributed by atoms with Crippen LogP contribution in [0.2, 0.25) is 0 Å². The average Bonchev–Trinajstić information content (AvgIpc) is 2.62. The van der Waals surface area contributed by atoms with Gasteiger partial charge in [0.15, 0.2) is 0 Å². The summed E-state index contributed by atoms with van der Waals surface area (Å²) in [5.74, 6) is -0.553. The lowest BCUT2D eigenvalue weighted by Crippen LogP contribution is -2.33. The van der Waals surface area contributed by atoms with E-state index >= 15 is 0 Å². The van der Waals surface area contributed by atoms with Crippen LogP contribution in [0.5, 0.6) is 0 Å². The summed E-state index contributed by atoms with van der Waals surface area (Å²) in [6.45, 7) is 3.66. The van der Waals surface area contributed by atoms with E-state index < -0.39 is 21.1 Å². The van der Waals surface area contributed by atoms with Gasteiger partial charge in [0.25, 0.3) is 0 Å². The molecule has 0 aliphatic rings. The Labute approximate surface area is 142 Å². The smallest absolute Gasteiger partial charge is 0.226 e. The van der Waals surface area contributed by atoms with Crippen molar-refractivity contribution in [3.05, 3.63) is 65.7 Å². The molecule has 0 spiro atoms. The average molecular weight is 350 g/mol. The van der Waals surface area contributed by atoms with Crippen molar-refractivity contribution in [3.8, 4) is 0 Å². The van der Waals surface area contributed by atoms with E-state index in [4.69, 9.17) is 9.84 Å². The molecule has 0 saturated carbocycles. The molecule has 0 aliphatic carbocycles. The molecule has 5 nitrogen and oxygen atoms in total. The highest BCUT2D eigenvalue weighted by molar-refractivity contribution is 7.92. The topological polar surface area (TPSA) is 80.7 Å². The van der Waals surface area contributed by atoms with E-state index in [1.807, 2.05) is 6.92 Å². The summed E-state index contributed by atoms with van der Waals surface area (Å²) in [6.07, 6.45) is 0. The third-order valence-electron chi connectivity index (χ3n) is 3.22. The molecule has 0 heterocycles. The minimum atomic E-state index is -3.90. The molecule has 2 aromatic carbocycles. The summed E-state index contributed by atoms with van der Waals surface area (Å²) in [5, 5.41) is 7.00. The molecular weight excluding hydrogens is 328 g/mol. The van der Waals surface area contributed by atoms with E-state index in [0.29, 0.717) is 5.56 Å². The molecule has 24 heavy (non-hydrogen) atoms. The van der Waals surface area contributed by atoms with Crippen LogP contribution in [0.4, 0.5) is 0 Å². The second kappa shape index (κ2) is 9.32. The summed E-state index contributed by atoms with van der Waals surface area (Å²) >= 11 is 0. The Kier molecular flexibility index (Phi) is 7.78. The highest BCUT2D eigenvalue weighted by Gasteiger charge is 2.35. The first-order valence-electron chi connectivity index (χ1n) is 7.43. The zero-order valence-electron chi connectivity index (χ0n) is 14.0. The van der Waals surface area contributed by atoms with Gasteiger partial charge in [0.2, 0.25) is 21.1 Å². The molecule has 2 rings (SSSR count). The highest BCUT2D eigenvalue weighted by atomic mass is 32.2. The molecule has 6 heteroatoms. The standard InChI is InChI=1S/C17H18O4S.CH4O/c1-3-21-17(16(18)14-7-5-4-6-8-14)22(19,20)15-11-9-13(2)10-12-15;1-2/h4-12,17H,3H2,1-2H3;2H,1H3.